The number of carbonyl (C=O) groups is 1. The Bertz CT molecular complexity index is 983. The highest BCUT2D eigenvalue weighted by Crippen LogP contribution is 2.38. The number of rotatable bonds is 3. The molecule has 6 heteroatoms. The van der Waals surface area contributed by atoms with Gasteiger partial charge in [-0.2, -0.15) is 10.2 Å². The fraction of sp³-hybridized carbons (Fsp3) is 0.381. The maximum Gasteiger partial charge on any atom is 0.272 e. The number of aromatic nitrogens is 4. The van der Waals surface area contributed by atoms with E-state index in [1.165, 1.54) is 25.0 Å². The fourth-order valence-electron chi connectivity index (χ4n) is 4.18. The lowest BCUT2D eigenvalue weighted by molar-refractivity contribution is 0.0720. The second kappa shape index (κ2) is 6.37. The van der Waals surface area contributed by atoms with Crippen molar-refractivity contribution in [3.8, 4) is 5.69 Å². The molecule has 5 rings (SSSR count). The lowest BCUT2D eigenvalue weighted by Gasteiger charge is -2.30. The zero-order valence-corrected chi connectivity index (χ0v) is 15.5. The molecule has 0 saturated heterocycles. The second-order valence-corrected chi connectivity index (χ2v) is 7.54. The minimum Gasteiger partial charge on any atom is -0.332 e. The predicted octanol–water partition coefficient (Wildman–Crippen LogP) is 3.07. The zero-order chi connectivity index (χ0) is 18.4. The molecule has 0 bridgehead atoms. The predicted molar refractivity (Wildman–Crippen MR) is 102 cm³/mol. The van der Waals surface area contributed by atoms with E-state index < -0.39 is 0 Å². The van der Waals surface area contributed by atoms with E-state index in [0.29, 0.717) is 19.0 Å². The van der Waals surface area contributed by atoms with E-state index in [1.807, 2.05) is 47.2 Å². The summed E-state index contributed by atoms with van der Waals surface area (Å²) in [5, 5.41) is 8.95. The highest BCUT2D eigenvalue weighted by Gasteiger charge is 2.32. The molecule has 6 nitrogen and oxygen atoms in total. The second-order valence-electron chi connectivity index (χ2n) is 7.54. The average Bonchev–Trinajstić information content (AvgIpc) is 3.24. The third-order valence-electron chi connectivity index (χ3n) is 5.94. The van der Waals surface area contributed by atoms with Gasteiger partial charge >= 0.3 is 0 Å². The van der Waals surface area contributed by atoms with Gasteiger partial charge < -0.3 is 4.90 Å². The first-order valence-electron chi connectivity index (χ1n) is 9.64. The van der Waals surface area contributed by atoms with Crippen molar-refractivity contribution in [3.05, 3.63) is 65.2 Å². The number of hydrogen-bond donors (Lipinski definition) is 0. The fourth-order valence-corrected chi connectivity index (χ4v) is 4.18. The summed E-state index contributed by atoms with van der Waals surface area (Å²) in [6.45, 7) is 1.32. The van der Waals surface area contributed by atoms with Gasteiger partial charge in [0.05, 0.1) is 23.8 Å². The van der Waals surface area contributed by atoms with E-state index in [2.05, 4.69) is 22.3 Å². The number of para-hydroxylation sites is 1. The van der Waals surface area contributed by atoms with Crippen LogP contribution in [0.5, 0.6) is 0 Å². The molecule has 0 atom stereocenters. The first-order valence-corrected chi connectivity index (χ1v) is 9.64. The lowest BCUT2D eigenvalue weighted by Crippen LogP contribution is -2.38. The topological polar surface area (TPSA) is 56.0 Å². The minimum absolute atomic E-state index is 0.0926. The van der Waals surface area contributed by atoms with Crippen LogP contribution in [0.3, 0.4) is 0 Å². The summed E-state index contributed by atoms with van der Waals surface area (Å²) in [4.78, 5) is 15.2. The van der Waals surface area contributed by atoms with Crippen molar-refractivity contribution >= 4 is 5.91 Å². The molecule has 1 amide bonds. The first-order chi connectivity index (χ1) is 13.2. The van der Waals surface area contributed by atoms with Crippen molar-refractivity contribution in [2.24, 2.45) is 7.05 Å². The number of amides is 1. The van der Waals surface area contributed by atoms with E-state index in [1.54, 1.807) is 4.68 Å². The smallest absolute Gasteiger partial charge is 0.272 e. The van der Waals surface area contributed by atoms with Gasteiger partial charge in [0.2, 0.25) is 0 Å². The van der Waals surface area contributed by atoms with Gasteiger partial charge in [-0.15, -0.1) is 0 Å². The molecule has 2 aliphatic rings. The summed E-state index contributed by atoms with van der Waals surface area (Å²) in [5.41, 5.74) is 5.29. The summed E-state index contributed by atoms with van der Waals surface area (Å²) in [6.07, 6.45) is 8.18. The van der Waals surface area contributed by atoms with Crippen LogP contribution in [0.4, 0.5) is 0 Å². The average molecular weight is 361 g/mol. The Morgan fingerprint density at radius 1 is 1.11 bits per heavy atom. The Kier molecular flexibility index (Phi) is 3.85. The van der Waals surface area contributed by atoms with Crippen molar-refractivity contribution in [1.82, 2.24) is 24.5 Å². The van der Waals surface area contributed by atoms with Gasteiger partial charge in [-0.25, -0.2) is 4.68 Å². The van der Waals surface area contributed by atoms with Crippen LogP contribution < -0.4 is 0 Å². The molecule has 1 aliphatic carbocycles. The van der Waals surface area contributed by atoms with Crippen molar-refractivity contribution in [3.63, 3.8) is 0 Å². The third kappa shape index (κ3) is 2.67. The maximum absolute atomic E-state index is 13.3. The van der Waals surface area contributed by atoms with Crippen LogP contribution in [-0.4, -0.2) is 36.9 Å². The molecule has 1 aliphatic heterocycles. The molecule has 0 unspecified atom stereocenters. The summed E-state index contributed by atoms with van der Waals surface area (Å²) in [7, 11) is 1.87. The maximum atomic E-state index is 13.3. The van der Waals surface area contributed by atoms with E-state index in [4.69, 9.17) is 0 Å². The summed E-state index contributed by atoms with van der Waals surface area (Å²) in [5.74, 6) is 0.592. The van der Waals surface area contributed by atoms with Crippen LogP contribution in [0.25, 0.3) is 5.69 Å². The highest BCUT2D eigenvalue weighted by molar-refractivity contribution is 5.94. The van der Waals surface area contributed by atoms with Crippen LogP contribution in [0.2, 0.25) is 0 Å². The van der Waals surface area contributed by atoms with Gasteiger partial charge in [-0.3, -0.25) is 9.48 Å². The normalized spacial score (nSPS) is 16.9. The summed E-state index contributed by atoms with van der Waals surface area (Å²) < 4.78 is 3.75. The Hall–Kier alpha value is -2.89. The van der Waals surface area contributed by atoms with Crippen molar-refractivity contribution in [2.75, 3.05) is 6.54 Å². The van der Waals surface area contributed by atoms with Gasteiger partial charge in [0.15, 0.2) is 0 Å². The van der Waals surface area contributed by atoms with E-state index in [0.717, 1.165) is 28.9 Å². The van der Waals surface area contributed by atoms with Crippen LogP contribution in [0.1, 0.15) is 52.5 Å². The monoisotopic (exact) mass is 361 g/mol. The highest BCUT2D eigenvalue weighted by atomic mass is 16.2. The molecule has 3 aromatic rings. The standard InChI is InChI=1S/C21H23N5O/c1-24-20(18(13-22-24)15-6-5-7-15)21(27)25-11-10-19-16(14-25)12-23-26(19)17-8-3-2-4-9-17/h2-4,8-9,12-13,15H,5-7,10-11,14H2,1H3. The van der Waals surface area contributed by atoms with Gasteiger partial charge in [0, 0.05) is 37.7 Å². The quantitative estimate of drug-likeness (QED) is 0.720. The molecule has 1 saturated carbocycles. The molecule has 0 N–H and O–H groups in total. The van der Waals surface area contributed by atoms with Crippen LogP contribution in [0.15, 0.2) is 42.7 Å². The van der Waals surface area contributed by atoms with Crippen LogP contribution >= 0.6 is 0 Å². The van der Waals surface area contributed by atoms with Crippen LogP contribution in [0, 0.1) is 0 Å². The van der Waals surface area contributed by atoms with Crippen molar-refractivity contribution in [1.29, 1.82) is 0 Å². The number of fused-ring (bicyclic) bond motifs is 1. The largest absolute Gasteiger partial charge is 0.332 e. The number of nitrogens with zero attached hydrogens (tertiary/aromatic N) is 5. The molecule has 1 fully saturated rings. The Labute approximate surface area is 158 Å². The van der Waals surface area contributed by atoms with E-state index >= 15 is 0 Å². The SMILES string of the molecule is Cn1ncc(C2CCC2)c1C(=O)N1CCc2c(cnn2-c2ccccc2)C1. The molecular weight excluding hydrogens is 338 g/mol. The summed E-state index contributed by atoms with van der Waals surface area (Å²) >= 11 is 0. The number of carbonyl (C=O) groups excluding carboxylic acids is 1. The van der Waals surface area contributed by atoms with Gasteiger partial charge in [-0.1, -0.05) is 24.6 Å². The molecule has 1 aromatic carbocycles. The van der Waals surface area contributed by atoms with Gasteiger partial charge in [-0.05, 0) is 30.9 Å². The van der Waals surface area contributed by atoms with Crippen molar-refractivity contribution in [2.45, 2.75) is 38.1 Å². The lowest BCUT2D eigenvalue weighted by atomic mass is 9.80. The minimum atomic E-state index is 0.0926. The Morgan fingerprint density at radius 2 is 1.93 bits per heavy atom. The zero-order valence-electron chi connectivity index (χ0n) is 15.5. The Balaban J connectivity index is 1.41. The molecule has 27 heavy (non-hydrogen) atoms. The van der Waals surface area contributed by atoms with Gasteiger partial charge in [0.25, 0.3) is 5.91 Å². The number of hydrogen-bond acceptors (Lipinski definition) is 3. The number of benzene rings is 1. The molecule has 0 radical (unpaired) electrons. The van der Waals surface area contributed by atoms with E-state index in [9.17, 15) is 4.79 Å². The molecular formula is C21H23N5O. The third-order valence-corrected chi connectivity index (χ3v) is 5.94. The Morgan fingerprint density at radius 3 is 2.67 bits per heavy atom. The molecule has 2 aromatic heterocycles. The van der Waals surface area contributed by atoms with Crippen molar-refractivity contribution < 1.29 is 4.79 Å². The van der Waals surface area contributed by atoms with E-state index in [-0.39, 0.29) is 5.91 Å². The molecule has 0 spiro atoms. The molecule has 3 heterocycles. The number of aryl methyl sites for hydroxylation is 1. The van der Waals surface area contributed by atoms with Crippen LogP contribution in [-0.2, 0) is 20.0 Å². The summed E-state index contributed by atoms with van der Waals surface area (Å²) in [6, 6.07) is 10.2. The van der Waals surface area contributed by atoms with Gasteiger partial charge in [0.1, 0.15) is 5.69 Å². The first kappa shape index (κ1) is 16.3. The molecule has 138 valence electrons.